The molecule has 0 aliphatic carbocycles. The molecule has 1 saturated heterocycles. The van der Waals surface area contributed by atoms with Gasteiger partial charge in [0.1, 0.15) is 5.75 Å². The summed E-state index contributed by atoms with van der Waals surface area (Å²) in [6.45, 7) is 13.0. The molecule has 0 aromatic heterocycles. The molecule has 1 N–H and O–H groups in total. The standard InChI is InChI=1S/C26H36N2O2/c1-19-9-8-16-28(17-19)22-14-12-21(13-15-22)20(2)27-25(29)18-30-24-11-7-6-10-23(24)26(3,4)5/h6-7,10-15,19-20H,8-9,16-18H2,1-5H3,(H,27,29)/t19-,20-/m0/s1. The number of ether oxygens (including phenoxy) is 1. The van der Waals surface area contributed by atoms with Gasteiger partial charge in [-0.15, -0.1) is 0 Å². The van der Waals surface area contributed by atoms with Crippen LogP contribution >= 0.6 is 0 Å². The van der Waals surface area contributed by atoms with Crippen molar-refractivity contribution >= 4 is 11.6 Å². The molecule has 3 rings (SSSR count). The first-order valence-corrected chi connectivity index (χ1v) is 11.1. The van der Waals surface area contributed by atoms with Crippen LogP contribution in [0.3, 0.4) is 0 Å². The van der Waals surface area contributed by atoms with Crippen molar-refractivity contribution in [2.45, 2.75) is 58.9 Å². The lowest BCUT2D eigenvalue weighted by molar-refractivity contribution is -0.123. The molecular formula is C26H36N2O2. The Hall–Kier alpha value is -2.49. The number of nitrogens with zero attached hydrogens (tertiary/aromatic N) is 1. The van der Waals surface area contributed by atoms with E-state index in [-0.39, 0.29) is 24.0 Å². The number of amides is 1. The first kappa shape index (κ1) is 22.2. The molecule has 1 aliphatic rings. The summed E-state index contributed by atoms with van der Waals surface area (Å²) in [5.41, 5.74) is 3.44. The first-order valence-electron chi connectivity index (χ1n) is 11.1. The first-order chi connectivity index (χ1) is 14.2. The molecule has 0 bridgehead atoms. The largest absolute Gasteiger partial charge is 0.483 e. The van der Waals surface area contributed by atoms with Gasteiger partial charge in [0, 0.05) is 18.8 Å². The summed E-state index contributed by atoms with van der Waals surface area (Å²) in [5, 5.41) is 3.05. The van der Waals surface area contributed by atoms with Gasteiger partial charge in [0.2, 0.25) is 0 Å². The summed E-state index contributed by atoms with van der Waals surface area (Å²) in [7, 11) is 0. The van der Waals surface area contributed by atoms with Crippen LogP contribution in [-0.2, 0) is 10.2 Å². The summed E-state index contributed by atoms with van der Waals surface area (Å²) >= 11 is 0. The molecule has 0 radical (unpaired) electrons. The number of para-hydroxylation sites is 1. The van der Waals surface area contributed by atoms with Gasteiger partial charge in [0.15, 0.2) is 6.61 Å². The van der Waals surface area contributed by atoms with Gasteiger partial charge in [-0.2, -0.15) is 0 Å². The van der Waals surface area contributed by atoms with Gasteiger partial charge < -0.3 is 15.0 Å². The van der Waals surface area contributed by atoms with Gasteiger partial charge in [-0.1, -0.05) is 58.0 Å². The van der Waals surface area contributed by atoms with E-state index >= 15 is 0 Å². The summed E-state index contributed by atoms with van der Waals surface area (Å²) in [6, 6.07) is 16.5. The van der Waals surface area contributed by atoms with Crippen molar-refractivity contribution in [1.82, 2.24) is 5.32 Å². The van der Waals surface area contributed by atoms with E-state index in [0.717, 1.165) is 35.9 Å². The molecule has 1 heterocycles. The third-order valence-corrected chi connectivity index (χ3v) is 5.85. The van der Waals surface area contributed by atoms with E-state index in [1.54, 1.807) is 0 Å². The van der Waals surface area contributed by atoms with Crippen molar-refractivity contribution in [3.05, 3.63) is 59.7 Å². The van der Waals surface area contributed by atoms with Crippen molar-refractivity contribution in [3.63, 3.8) is 0 Å². The molecular weight excluding hydrogens is 372 g/mol. The second-order valence-electron chi connectivity index (χ2n) is 9.61. The Kier molecular flexibility index (Phi) is 7.06. The quantitative estimate of drug-likeness (QED) is 0.688. The van der Waals surface area contributed by atoms with E-state index in [9.17, 15) is 4.79 Å². The summed E-state index contributed by atoms with van der Waals surface area (Å²) < 4.78 is 5.85. The number of carbonyl (C=O) groups excluding carboxylic acids is 1. The number of piperidine rings is 1. The molecule has 1 aliphatic heterocycles. The van der Waals surface area contributed by atoms with Crippen LogP contribution < -0.4 is 15.0 Å². The molecule has 4 heteroatoms. The molecule has 0 unspecified atom stereocenters. The summed E-state index contributed by atoms with van der Waals surface area (Å²) in [4.78, 5) is 14.9. The van der Waals surface area contributed by atoms with Crippen LogP contribution in [0.25, 0.3) is 0 Å². The molecule has 1 fully saturated rings. The van der Waals surface area contributed by atoms with E-state index in [2.05, 4.69) is 68.2 Å². The smallest absolute Gasteiger partial charge is 0.258 e. The minimum Gasteiger partial charge on any atom is -0.483 e. The molecule has 4 nitrogen and oxygen atoms in total. The van der Waals surface area contributed by atoms with E-state index < -0.39 is 0 Å². The van der Waals surface area contributed by atoms with Crippen molar-refractivity contribution in [2.24, 2.45) is 5.92 Å². The van der Waals surface area contributed by atoms with Crippen LogP contribution in [0.5, 0.6) is 5.75 Å². The van der Waals surface area contributed by atoms with Crippen molar-refractivity contribution < 1.29 is 9.53 Å². The Morgan fingerprint density at radius 3 is 2.53 bits per heavy atom. The third-order valence-electron chi connectivity index (χ3n) is 5.85. The Morgan fingerprint density at radius 1 is 1.17 bits per heavy atom. The predicted octanol–water partition coefficient (Wildman–Crippen LogP) is 5.48. The molecule has 0 saturated carbocycles. The number of nitrogens with one attached hydrogen (secondary N) is 1. The fraction of sp³-hybridized carbons (Fsp3) is 0.500. The van der Waals surface area contributed by atoms with Gasteiger partial charge in [0.05, 0.1) is 6.04 Å². The van der Waals surface area contributed by atoms with E-state index in [4.69, 9.17) is 4.74 Å². The van der Waals surface area contributed by atoms with Gasteiger partial charge in [-0.25, -0.2) is 0 Å². The number of anilines is 1. The average molecular weight is 409 g/mol. The second-order valence-corrected chi connectivity index (χ2v) is 9.61. The highest BCUT2D eigenvalue weighted by Crippen LogP contribution is 2.31. The number of carbonyl (C=O) groups is 1. The maximum absolute atomic E-state index is 12.5. The van der Waals surface area contributed by atoms with Crippen LogP contribution in [0.15, 0.2) is 48.5 Å². The summed E-state index contributed by atoms with van der Waals surface area (Å²) in [6.07, 6.45) is 2.58. The normalized spacial score (nSPS) is 18.0. The zero-order chi connectivity index (χ0) is 21.7. The Labute approximate surface area is 181 Å². The van der Waals surface area contributed by atoms with Crippen LogP contribution in [0.1, 0.15) is 64.6 Å². The van der Waals surface area contributed by atoms with Gasteiger partial charge in [0.25, 0.3) is 5.91 Å². The van der Waals surface area contributed by atoms with Crippen LogP contribution in [0.2, 0.25) is 0 Å². The molecule has 162 valence electrons. The molecule has 2 aromatic carbocycles. The van der Waals surface area contributed by atoms with Crippen LogP contribution in [0, 0.1) is 5.92 Å². The number of rotatable bonds is 6. The second kappa shape index (κ2) is 9.55. The van der Waals surface area contributed by atoms with Gasteiger partial charge in [-0.3, -0.25) is 4.79 Å². The van der Waals surface area contributed by atoms with Crippen molar-refractivity contribution in [2.75, 3.05) is 24.6 Å². The number of benzene rings is 2. The zero-order valence-electron chi connectivity index (χ0n) is 19.1. The van der Waals surface area contributed by atoms with E-state index in [1.165, 1.54) is 18.5 Å². The Balaban J connectivity index is 1.55. The van der Waals surface area contributed by atoms with E-state index in [1.807, 2.05) is 25.1 Å². The SMILES string of the molecule is C[C@H]1CCCN(c2ccc([C@H](C)NC(=O)COc3ccccc3C(C)(C)C)cc2)C1. The zero-order valence-corrected chi connectivity index (χ0v) is 19.1. The minimum atomic E-state index is -0.111. The van der Waals surface area contributed by atoms with Crippen molar-refractivity contribution in [1.29, 1.82) is 0 Å². The highest BCUT2D eigenvalue weighted by atomic mass is 16.5. The van der Waals surface area contributed by atoms with Crippen LogP contribution in [-0.4, -0.2) is 25.6 Å². The van der Waals surface area contributed by atoms with Crippen LogP contribution in [0.4, 0.5) is 5.69 Å². The highest BCUT2D eigenvalue weighted by molar-refractivity contribution is 5.78. The topological polar surface area (TPSA) is 41.6 Å². The lowest BCUT2D eigenvalue weighted by atomic mass is 9.86. The monoisotopic (exact) mass is 408 g/mol. The van der Waals surface area contributed by atoms with Gasteiger partial charge in [-0.05, 0) is 60.4 Å². The maximum Gasteiger partial charge on any atom is 0.258 e. The summed E-state index contributed by atoms with van der Waals surface area (Å²) in [5.74, 6) is 1.41. The lowest BCUT2D eigenvalue weighted by Crippen LogP contribution is -2.34. The number of hydrogen-bond acceptors (Lipinski definition) is 3. The molecule has 1 amide bonds. The van der Waals surface area contributed by atoms with Crippen molar-refractivity contribution in [3.8, 4) is 5.75 Å². The fourth-order valence-corrected chi connectivity index (χ4v) is 4.12. The van der Waals surface area contributed by atoms with Gasteiger partial charge >= 0.3 is 0 Å². The fourth-order valence-electron chi connectivity index (χ4n) is 4.12. The third kappa shape index (κ3) is 5.78. The Bertz CT molecular complexity index is 839. The predicted molar refractivity (Wildman–Crippen MR) is 124 cm³/mol. The molecule has 30 heavy (non-hydrogen) atoms. The molecule has 0 spiro atoms. The highest BCUT2D eigenvalue weighted by Gasteiger charge is 2.20. The Morgan fingerprint density at radius 2 is 1.87 bits per heavy atom. The van der Waals surface area contributed by atoms with E-state index in [0.29, 0.717) is 0 Å². The lowest BCUT2D eigenvalue weighted by Gasteiger charge is -2.33. The minimum absolute atomic E-state index is 0.0151. The maximum atomic E-state index is 12.5. The molecule has 2 atom stereocenters. The average Bonchev–Trinajstić information content (AvgIpc) is 2.72. The number of hydrogen-bond donors (Lipinski definition) is 1. The molecule has 2 aromatic rings.